The number of aliphatic carboxylic acids is 1. The number of rotatable bonds is 8. The molecule has 0 saturated heterocycles. The summed E-state index contributed by atoms with van der Waals surface area (Å²) in [4.78, 5) is 28.8. The number of carboxylic acids is 1. The second-order valence-electron chi connectivity index (χ2n) is 7.82. The summed E-state index contributed by atoms with van der Waals surface area (Å²) in [6.07, 6.45) is 3.80. The third kappa shape index (κ3) is 5.38. The molecular formula is C25H24N3NaO4. The smallest absolute Gasteiger partial charge is 0.548 e. The summed E-state index contributed by atoms with van der Waals surface area (Å²) in [7, 11) is 0. The van der Waals surface area contributed by atoms with Crippen molar-refractivity contribution in [3.05, 3.63) is 72.1 Å². The molecule has 0 unspecified atom stereocenters. The van der Waals surface area contributed by atoms with E-state index in [4.69, 9.17) is 0 Å². The third-order valence-corrected chi connectivity index (χ3v) is 5.59. The van der Waals surface area contributed by atoms with E-state index in [1.807, 2.05) is 18.2 Å². The number of carbonyl (C=O) groups excluding carboxylic acids is 2. The molecule has 2 aromatic heterocycles. The van der Waals surface area contributed by atoms with E-state index in [9.17, 15) is 19.8 Å². The maximum Gasteiger partial charge on any atom is 1.00 e. The van der Waals surface area contributed by atoms with Crippen LogP contribution in [0, 0.1) is 0 Å². The summed E-state index contributed by atoms with van der Waals surface area (Å²) < 4.78 is 2.21. The van der Waals surface area contributed by atoms with Crippen LogP contribution < -0.4 is 40.0 Å². The number of aromatic hydroxyl groups is 1. The Kier molecular flexibility index (Phi) is 8.13. The molecule has 0 spiro atoms. The molecule has 1 atom stereocenters. The summed E-state index contributed by atoms with van der Waals surface area (Å²) in [6.45, 7) is 2.99. The van der Waals surface area contributed by atoms with E-state index in [1.54, 1.807) is 24.4 Å². The van der Waals surface area contributed by atoms with Crippen molar-refractivity contribution in [1.82, 2.24) is 14.9 Å². The number of carbonyl (C=O) groups is 2. The topological polar surface area (TPSA) is 107 Å². The van der Waals surface area contributed by atoms with Gasteiger partial charge >= 0.3 is 29.6 Å². The van der Waals surface area contributed by atoms with Crippen molar-refractivity contribution in [3.63, 3.8) is 0 Å². The first-order chi connectivity index (χ1) is 15.5. The number of unbranched alkanes of at least 4 members (excludes halogenated alkanes) is 1. The zero-order valence-electron chi connectivity index (χ0n) is 18.7. The maximum atomic E-state index is 12.9. The van der Waals surface area contributed by atoms with Gasteiger partial charge in [-0.3, -0.25) is 4.79 Å². The first-order valence-electron chi connectivity index (χ1n) is 10.6. The molecule has 1 amide bonds. The number of phenolic OH excluding ortho intramolecular Hbond substituents is 1. The molecule has 0 radical (unpaired) electrons. The number of hydrogen-bond acceptors (Lipinski definition) is 5. The third-order valence-electron chi connectivity index (χ3n) is 5.59. The van der Waals surface area contributed by atoms with Crippen LogP contribution in [-0.2, 0) is 17.8 Å². The van der Waals surface area contributed by atoms with Crippen molar-refractivity contribution in [2.45, 2.75) is 38.8 Å². The molecule has 4 rings (SSSR count). The minimum Gasteiger partial charge on any atom is -0.548 e. The van der Waals surface area contributed by atoms with Crippen LogP contribution in [0.5, 0.6) is 5.75 Å². The molecule has 2 heterocycles. The van der Waals surface area contributed by atoms with Gasteiger partial charge in [0, 0.05) is 22.8 Å². The van der Waals surface area contributed by atoms with Crippen LogP contribution in [0.4, 0.5) is 0 Å². The van der Waals surface area contributed by atoms with Crippen LogP contribution in [0.1, 0.15) is 35.8 Å². The van der Waals surface area contributed by atoms with Crippen LogP contribution in [0.3, 0.4) is 0 Å². The number of aryl methyl sites for hydroxylation is 1. The van der Waals surface area contributed by atoms with Crippen LogP contribution in [-0.4, -0.2) is 32.6 Å². The Hall–Kier alpha value is -2.87. The van der Waals surface area contributed by atoms with E-state index < -0.39 is 17.9 Å². The van der Waals surface area contributed by atoms with Gasteiger partial charge < -0.3 is 24.9 Å². The number of hydrogen-bond donors (Lipinski definition) is 2. The molecule has 2 aromatic carbocycles. The van der Waals surface area contributed by atoms with E-state index in [0.717, 1.165) is 41.2 Å². The van der Waals surface area contributed by atoms with Crippen LogP contribution >= 0.6 is 0 Å². The van der Waals surface area contributed by atoms with E-state index >= 15 is 0 Å². The Balaban J connectivity index is 0.00000306. The first kappa shape index (κ1) is 24.8. The van der Waals surface area contributed by atoms with E-state index in [1.165, 1.54) is 12.1 Å². The molecule has 0 fully saturated rings. The number of nitrogens with zero attached hydrogens (tertiary/aromatic N) is 2. The second-order valence-corrected chi connectivity index (χ2v) is 7.82. The molecule has 4 aromatic rings. The van der Waals surface area contributed by atoms with Gasteiger partial charge in [-0.1, -0.05) is 43.7 Å². The zero-order valence-corrected chi connectivity index (χ0v) is 20.7. The number of carboxylic acid groups (broad SMARTS) is 1. The minimum absolute atomic E-state index is 0. The summed E-state index contributed by atoms with van der Waals surface area (Å²) in [6, 6.07) is 14.6. The number of aromatic nitrogens is 2. The Morgan fingerprint density at radius 2 is 1.82 bits per heavy atom. The molecule has 0 aliphatic heterocycles. The first-order valence-corrected chi connectivity index (χ1v) is 10.6. The van der Waals surface area contributed by atoms with E-state index in [0.29, 0.717) is 5.56 Å². The van der Waals surface area contributed by atoms with E-state index in [2.05, 4.69) is 27.9 Å². The predicted molar refractivity (Wildman–Crippen MR) is 120 cm³/mol. The molecule has 33 heavy (non-hydrogen) atoms. The molecule has 0 saturated carbocycles. The average Bonchev–Trinajstić information content (AvgIpc) is 3.11. The number of nitrogens with one attached hydrogen (secondary N) is 1. The monoisotopic (exact) mass is 453 g/mol. The molecule has 7 nitrogen and oxygen atoms in total. The summed E-state index contributed by atoms with van der Waals surface area (Å²) >= 11 is 0. The van der Waals surface area contributed by atoms with Gasteiger partial charge in [0.05, 0.1) is 23.7 Å². The Morgan fingerprint density at radius 3 is 2.52 bits per heavy atom. The van der Waals surface area contributed by atoms with Crippen LogP contribution in [0.15, 0.2) is 60.8 Å². The number of benzene rings is 2. The van der Waals surface area contributed by atoms with Crippen molar-refractivity contribution >= 4 is 33.7 Å². The molecule has 0 bridgehead atoms. The van der Waals surface area contributed by atoms with Gasteiger partial charge in [-0.05, 0) is 42.7 Å². The number of fused-ring (bicyclic) bond motifs is 3. The van der Waals surface area contributed by atoms with Crippen molar-refractivity contribution < 1.29 is 49.4 Å². The molecule has 164 valence electrons. The average molecular weight is 453 g/mol. The fourth-order valence-corrected chi connectivity index (χ4v) is 3.92. The predicted octanol–water partition coefficient (Wildman–Crippen LogP) is -0.210. The molecule has 0 aliphatic rings. The van der Waals surface area contributed by atoms with Crippen molar-refractivity contribution in [3.8, 4) is 5.75 Å². The van der Waals surface area contributed by atoms with Gasteiger partial charge in [-0.15, -0.1) is 0 Å². The van der Waals surface area contributed by atoms with Crippen LogP contribution in [0.25, 0.3) is 21.8 Å². The molecule has 8 heteroatoms. The van der Waals surface area contributed by atoms with Gasteiger partial charge in [-0.2, -0.15) is 0 Å². The SMILES string of the molecule is CCCCn1c2ccccc2c2cc(C(=O)N[C@@H](Cc3ccc(O)cc3)C(=O)[O-])ncc21.[Na+]. The van der Waals surface area contributed by atoms with Gasteiger partial charge in [0.1, 0.15) is 11.4 Å². The number of para-hydroxylation sites is 1. The summed E-state index contributed by atoms with van der Waals surface area (Å²) in [5.74, 6) is -1.88. The summed E-state index contributed by atoms with van der Waals surface area (Å²) in [5, 5.41) is 25.5. The van der Waals surface area contributed by atoms with Crippen molar-refractivity contribution in [2.24, 2.45) is 0 Å². The van der Waals surface area contributed by atoms with Crippen molar-refractivity contribution in [2.75, 3.05) is 0 Å². The van der Waals surface area contributed by atoms with Gasteiger partial charge in [-0.25, -0.2) is 4.98 Å². The van der Waals surface area contributed by atoms with Crippen LogP contribution in [0.2, 0.25) is 0 Å². The van der Waals surface area contributed by atoms with E-state index in [-0.39, 0.29) is 47.4 Å². The largest absolute Gasteiger partial charge is 1.00 e. The molecule has 2 N–H and O–H groups in total. The van der Waals surface area contributed by atoms with Gasteiger partial charge in [0.15, 0.2) is 0 Å². The fraction of sp³-hybridized carbons (Fsp3) is 0.240. The second kappa shape index (κ2) is 10.8. The Labute approximate surface area is 213 Å². The standard InChI is InChI=1S/C25H25N3O4.Na/c1-2-3-12-28-22-7-5-4-6-18(22)19-14-20(26-15-23(19)28)24(30)27-21(25(31)32)13-16-8-10-17(29)11-9-16;/h4-11,14-15,21,29H,2-3,12-13H2,1H3,(H,27,30)(H,31,32);/q;+1/p-1/t21-;/m0./s1. The zero-order chi connectivity index (χ0) is 22.7. The minimum atomic E-state index is -1.39. The summed E-state index contributed by atoms with van der Waals surface area (Å²) in [5.41, 5.74) is 2.82. The number of phenols is 1. The number of pyridine rings is 1. The number of amides is 1. The normalized spacial score (nSPS) is 11.8. The quantitative estimate of drug-likeness (QED) is 0.359. The molecular weight excluding hydrogens is 429 g/mol. The van der Waals surface area contributed by atoms with Gasteiger partial charge in [0.2, 0.25) is 0 Å². The van der Waals surface area contributed by atoms with Gasteiger partial charge in [0.25, 0.3) is 5.91 Å². The maximum absolute atomic E-state index is 12.9. The Bertz CT molecular complexity index is 1280. The fourth-order valence-electron chi connectivity index (χ4n) is 3.92. The Morgan fingerprint density at radius 1 is 1.09 bits per heavy atom. The molecule has 0 aliphatic carbocycles. The van der Waals surface area contributed by atoms with Crippen molar-refractivity contribution in [1.29, 1.82) is 0 Å².